The predicted molar refractivity (Wildman–Crippen MR) is 108 cm³/mol. The fraction of sp³-hybridized carbons (Fsp3) is 0.200. The molecular weight excluding hydrogens is 426 g/mol. The Kier molecular flexibility index (Phi) is 4.50. The van der Waals surface area contributed by atoms with Gasteiger partial charge in [0.2, 0.25) is 5.91 Å². The SMILES string of the molecule is COc1ccc(N2N=C(C(C)=O)[C@H]3C(=O)N(c4ccc(Br)cc4)C(=O)[C@H]32)cc1. The Hall–Kier alpha value is -3.00. The van der Waals surface area contributed by atoms with Gasteiger partial charge >= 0.3 is 0 Å². The van der Waals surface area contributed by atoms with Crippen LogP contribution < -0.4 is 14.6 Å². The van der Waals surface area contributed by atoms with E-state index in [4.69, 9.17) is 4.74 Å². The van der Waals surface area contributed by atoms with E-state index in [0.717, 1.165) is 9.37 Å². The zero-order valence-electron chi connectivity index (χ0n) is 15.1. The third-order valence-electron chi connectivity index (χ3n) is 4.83. The summed E-state index contributed by atoms with van der Waals surface area (Å²) in [7, 11) is 1.56. The van der Waals surface area contributed by atoms with Crippen molar-refractivity contribution in [3.05, 3.63) is 53.0 Å². The lowest BCUT2D eigenvalue weighted by molar-refractivity contribution is -0.122. The number of carbonyl (C=O) groups is 3. The number of methoxy groups -OCH3 is 1. The second-order valence-corrected chi connectivity index (χ2v) is 7.41. The van der Waals surface area contributed by atoms with Gasteiger partial charge in [-0.25, -0.2) is 4.90 Å². The number of hydrogen-bond donors (Lipinski definition) is 0. The number of nitrogens with zero attached hydrogens (tertiary/aromatic N) is 3. The highest BCUT2D eigenvalue weighted by molar-refractivity contribution is 9.10. The van der Waals surface area contributed by atoms with Crippen LogP contribution in [0.3, 0.4) is 0 Å². The Labute approximate surface area is 169 Å². The summed E-state index contributed by atoms with van der Waals surface area (Å²) in [6.45, 7) is 1.35. The monoisotopic (exact) mass is 441 g/mol. The van der Waals surface area contributed by atoms with Crippen molar-refractivity contribution in [2.75, 3.05) is 17.0 Å². The first-order valence-corrected chi connectivity index (χ1v) is 9.38. The summed E-state index contributed by atoms with van der Waals surface area (Å²) in [5.74, 6) is -1.45. The molecule has 0 spiro atoms. The van der Waals surface area contributed by atoms with Crippen LogP contribution in [0.1, 0.15) is 6.92 Å². The number of ether oxygens (including phenoxy) is 1. The first-order valence-electron chi connectivity index (χ1n) is 8.58. The molecule has 142 valence electrons. The molecule has 4 rings (SSSR count). The molecule has 0 aliphatic carbocycles. The van der Waals surface area contributed by atoms with Crippen LogP contribution in [0.2, 0.25) is 0 Å². The molecule has 7 nitrogen and oxygen atoms in total. The number of benzene rings is 2. The van der Waals surface area contributed by atoms with E-state index >= 15 is 0 Å². The van der Waals surface area contributed by atoms with Gasteiger partial charge in [-0.3, -0.25) is 19.4 Å². The van der Waals surface area contributed by atoms with E-state index in [2.05, 4.69) is 21.0 Å². The molecule has 2 atom stereocenters. The van der Waals surface area contributed by atoms with E-state index in [1.54, 1.807) is 55.6 Å². The summed E-state index contributed by atoms with van der Waals surface area (Å²) >= 11 is 3.34. The van der Waals surface area contributed by atoms with Crippen LogP contribution in [0.25, 0.3) is 0 Å². The molecule has 2 aliphatic rings. The zero-order chi connectivity index (χ0) is 20.0. The molecular formula is C20H16BrN3O4. The van der Waals surface area contributed by atoms with Gasteiger partial charge in [0.25, 0.3) is 5.91 Å². The van der Waals surface area contributed by atoms with E-state index in [9.17, 15) is 14.4 Å². The second kappa shape index (κ2) is 6.87. The van der Waals surface area contributed by atoms with Crippen LogP contribution in [0.5, 0.6) is 5.75 Å². The van der Waals surface area contributed by atoms with Crippen LogP contribution in [0, 0.1) is 5.92 Å². The highest BCUT2D eigenvalue weighted by atomic mass is 79.9. The molecule has 2 aromatic carbocycles. The van der Waals surface area contributed by atoms with E-state index in [1.807, 2.05) is 0 Å². The predicted octanol–water partition coefficient (Wildman–Crippen LogP) is 2.78. The Morgan fingerprint density at radius 3 is 2.18 bits per heavy atom. The van der Waals surface area contributed by atoms with E-state index in [-0.39, 0.29) is 11.5 Å². The number of rotatable bonds is 4. The van der Waals surface area contributed by atoms with Crippen molar-refractivity contribution < 1.29 is 19.1 Å². The largest absolute Gasteiger partial charge is 0.497 e. The standard InChI is InChI=1S/C20H16BrN3O4/c1-11(25)17-16-18(24(22-17)14-7-9-15(28-2)10-8-14)20(27)23(19(16)26)13-5-3-12(21)4-6-13/h3-10,16,18H,1-2H3/t16-,18+/m1/s1. The Morgan fingerprint density at radius 2 is 1.61 bits per heavy atom. The van der Waals surface area contributed by atoms with Gasteiger partial charge in [-0.15, -0.1) is 0 Å². The van der Waals surface area contributed by atoms with Gasteiger partial charge in [-0.2, -0.15) is 5.10 Å². The molecule has 1 saturated heterocycles. The van der Waals surface area contributed by atoms with Gasteiger partial charge in [0, 0.05) is 11.4 Å². The average Bonchev–Trinajstić information content (AvgIpc) is 3.20. The topological polar surface area (TPSA) is 79.3 Å². The highest BCUT2D eigenvalue weighted by Crippen LogP contribution is 2.38. The summed E-state index contributed by atoms with van der Waals surface area (Å²) in [4.78, 5) is 39.6. The number of carbonyl (C=O) groups excluding carboxylic acids is 3. The van der Waals surface area contributed by atoms with Crippen molar-refractivity contribution in [3.8, 4) is 5.75 Å². The number of halogens is 1. The summed E-state index contributed by atoms with van der Waals surface area (Å²) in [6, 6.07) is 12.9. The Bertz CT molecular complexity index is 1000. The van der Waals surface area contributed by atoms with Crippen molar-refractivity contribution in [1.82, 2.24) is 0 Å². The minimum atomic E-state index is -0.921. The number of anilines is 2. The van der Waals surface area contributed by atoms with Crippen LogP contribution >= 0.6 is 15.9 Å². The number of hydrazone groups is 1. The number of Topliss-reactive ketones (excluding diaryl/α,β-unsaturated/α-hetero) is 1. The molecule has 0 aromatic heterocycles. The van der Waals surface area contributed by atoms with Crippen molar-refractivity contribution in [1.29, 1.82) is 0 Å². The molecule has 2 aliphatic heterocycles. The summed E-state index contributed by atoms with van der Waals surface area (Å²) in [6.07, 6.45) is 0. The fourth-order valence-electron chi connectivity index (χ4n) is 3.50. The van der Waals surface area contributed by atoms with Crippen LogP contribution in [-0.2, 0) is 14.4 Å². The van der Waals surface area contributed by atoms with E-state index in [1.165, 1.54) is 11.9 Å². The molecule has 2 aromatic rings. The first-order chi connectivity index (χ1) is 13.4. The number of ketones is 1. The molecule has 28 heavy (non-hydrogen) atoms. The summed E-state index contributed by atoms with van der Waals surface area (Å²) in [5, 5.41) is 5.78. The van der Waals surface area contributed by atoms with Gasteiger partial charge < -0.3 is 4.74 Å². The van der Waals surface area contributed by atoms with Crippen LogP contribution in [-0.4, -0.2) is 36.5 Å². The quantitative estimate of drug-likeness (QED) is 0.681. The van der Waals surface area contributed by atoms with Crippen LogP contribution in [0.4, 0.5) is 11.4 Å². The van der Waals surface area contributed by atoms with E-state index in [0.29, 0.717) is 17.1 Å². The number of amides is 2. The highest BCUT2D eigenvalue weighted by Gasteiger charge is 2.58. The van der Waals surface area contributed by atoms with Gasteiger partial charge in [0.1, 0.15) is 23.4 Å². The maximum absolute atomic E-state index is 13.2. The number of imide groups is 1. The molecule has 0 saturated carbocycles. The van der Waals surface area contributed by atoms with Gasteiger partial charge in [-0.05, 0) is 48.5 Å². The summed E-state index contributed by atoms with van der Waals surface area (Å²) < 4.78 is 5.99. The molecule has 8 heteroatoms. The van der Waals surface area contributed by atoms with Crippen molar-refractivity contribution in [2.24, 2.45) is 11.0 Å². The fourth-order valence-corrected chi connectivity index (χ4v) is 3.76. The molecule has 0 unspecified atom stereocenters. The van der Waals surface area contributed by atoms with E-state index < -0.39 is 23.8 Å². The second-order valence-electron chi connectivity index (χ2n) is 6.49. The third kappa shape index (κ3) is 2.80. The number of hydrogen-bond acceptors (Lipinski definition) is 6. The molecule has 2 amide bonds. The molecule has 2 heterocycles. The lowest BCUT2D eigenvalue weighted by atomic mass is 9.95. The normalized spacial score (nSPS) is 21.0. The molecule has 0 N–H and O–H groups in total. The van der Waals surface area contributed by atoms with Crippen molar-refractivity contribution in [2.45, 2.75) is 13.0 Å². The first kappa shape index (κ1) is 18.4. The average molecular weight is 442 g/mol. The third-order valence-corrected chi connectivity index (χ3v) is 5.36. The lowest BCUT2D eigenvalue weighted by Gasteiger charge is -2.22. The van der Waals surface area contributed by atoms with Gasteiger partial charge in [-0.1, -0.05) is 15.9 Å². The molecule has 0 radical (unpaired) electrons. The van der Waals surface area contributed by atoms with Crippen molar-refractivity contribution >= 4 is 50.6 Å². The summed E-state index contributed by atoms with van der Waals surface area (Å²) in [5.41, 5.74) is 1.16. The smallest absolute Gasteiger partial charge is 0.259 e. The minimum absolute atomic E-state index is 0.0961. The maximum Gasteiger partial charge on any atom is 0.259 e. The molecule has 1 fully saturated rings. The van der Waals surface area contributed by atoms with Crippen LogP contribution in [0.15, 0.2) is 58.1 Å². The van der Waals surface area contributed by atoms with Gasteiger partial charge in [0.15, 0.2) is 5.78 Å². The maximum atomic E-state index is 13.2. The molecule has 0 bridgehead atoms. The Balaban J connectivity index is 1.77. The minimum Gasteiger partial charge on any atom is -0.497 e. The lowest BCUT2D eigenvalue weighted by Crippen LogP contribution is -2.39. The number of fused-ring (bicyclic) bond motifs is 1. The Morgan fingerprint density at radius 1 is 1.00 bits per heavy atom. The van der Waals surface area contributed by atoms with Crippen molar-refractivity contribution in [3.63, 3.8) is 0 Å². The zero-order valence-corrected chi connectivity index (χ0v) is 16.7. The van der Waals surface area contributed by atoms with Gasteiger partial charge in [0.05, 0.1) is 18.5 Å².